The van der Waals surface area contributed by atoms with E-state index in [0.717, 1.165) is 30.1 Å². The van der Waals surface area contributed by atoms with Crippen molar-refractivity contribution < 1.29 is 9.47 Å². The van der Waals surface area contributed by atoms with Crippen LogP contribution >= 0.6 is 11.8 Å². The molecule has 0 saturated heterocycles. The van der Waals surface area contributed by atoms with Gasteiger partial charge in [-0.05, 0) is 75.3 Å². The molecule has 0 spiro atoms. The minimum atomic E-state index is 0.366. The van der Waals surface area contributed by atoms with Gasteiger partial charge >= 0.3 is 0 Å². The molecule has 1 aromatic carbocycles. The number of imidazole rings is 1. The summed E-state index contributed by atoms with van der Waals surface area (Å²) in [7, 11) is 0. The van der Waals surface area contributed by atoms with Crippen molar-refractivity contribution in [3.8, 4) is 0 Å². The van der Waals surface area contributed by atoms with E-state index >= 15 is 0 Å². The van der Waals surface area contributed by atoms with Gasteiger partial charge in [-0.25, -0.2) is 4.98 Å². The third kappa shape index (κ3) is 6.13. The lowest BCUT2D eigenvalue weighted by Gasteiger charge is -2.16. The molecule has 5 heteroatoms. The van der Waals surface area contributed by atoms with Gasteiger partial charge in [-0.3, -0.25) is 4.57 Å². The van der Waals surface area contributed by atoms with Crippen molar-refractivity contribution in [1.29, 1.82) is 0 Å². The zero-order valence-electron chi connectivity index (χ0n) is 18.5. The molecule has 1 aromatic heterocycles. The molecule has 0 aliphatic heterocycles. The van der Waals surface area contributed by atoms with Crippen LogP contribution in [0.15, 0.2) is 40.0 Å². The molecule has 1 aliphatic rings. The largest absolute Gasteiger partial charge is 0.496 e. The number of allylic oxidation sites excluding steroid dienone is 2. The Kier molecular flexibility index (Phi) is 7.84. The first-order valence-electron chi connectivity index (χ1n) is 10.7. The summed E-state index contributed by atoms with van der Waals surface area (Å²) in [6.07, 6.45) is 6.94. The van der Waals surface area contributed by atoms with E-state index in [1.54, 1.807) is 11.8 Å². The molecule has 0 saturated carbocycles. The molecule has 0 radical (unpaired) electrons. The number of rotatable bonds is 9. The molecule has 3 rings (SSSR count). The first kappa shape index (κ1) is 22.0. The second-order valence-electron chi connectivity index (χ2n) is 8.16. The minimum absolute atomic E-state index is 0.366. The van der Waals surface area contributed by atoms with Crippen LogP contribution in [-0.4, -0.2) is 22.8 Å². The van der Waals surface area contributed by atoms with Crippen LogP contribution in [0.5, 0.6) is 0 Å². The summed E-state index contributed by atoms with van der Waals surface area (Å²) in [5.74, 6) is 2.49. The van der Waals surface area contributed by atoms with Gasteiger partial charge in [0, 0.05) is 11.3 Å². The van der Waals surface area contributed by atoms with Crippen molar-refractivity contribution in [2.24, 2.45) is 0 Å². The highest BCUT2D eigenvalue weighted by atomic mass is 32.2. The molecule has 0 atom stereocenters. The molecule has 4 nitrogen and oxygen atoms in total. The summed E-state index contributed by atoms with van der Waals surface area (Å²) >= 11 is 1.78. The summed E-state index contributed by atoms with van der Waals surface area (Å²) < 4.78 is 14.0. The monoisotopic (exact) mass is 414 g/mol. The third-order valence-corrected chi connectivity index (χ3v) is 6.17. The SMILES string of the molecule is Cc1cc(C)cc(Sc2c(C(C)C)nc(C)n2COCCOC2=CCCCC2)c1. The Morgan fingerprint density at radius 3 is 2.48 bits per heavy atom. The van der Waals surface area contributed by atoms with Crippen molar-refractivity contribution in [3.05, 3.63) is 52.7 Å². The van der Waals surface area contributed by atoms with Gasteiger partial charge in [0.15, 0.2) is 0 Å². The number of nitrogens with zero attached hydrogens (tertiary/aromatic N) is 2. The first-order valence-corrected chi connectivity index (χ1v) is 11.5. The summed E-state index contributed by atoms with van der Waals surface area (Å²) in [4.78, 5) is 6.09. The molecule has 158 valence electrons. The Labute approximate surface area is 179 Å². The lowest BCUT2D eigenvalue weighted by Crippen LogP contribution is -2.11. The molecule has 2 aromatic rings. The average molecular weight is 415 g/mol. The highest BCUT2D eigenvalue weighted by Gasteiger charge is 2.19. The van der Waals surface area contributed by atoms with Crippen LogP contribution < -0.4 is 0 Å². The third-order valence-electron chi connectivity index (χ3n) is 5.08. The topological polar surface area (TPSA) is 36.3 Å². The van der Waals surface area contributed by atoms with Gasteiger partial charge in [0.25, 0.3) is 0 Å². The zero-order valence-corrected chi connectivity index (χ0v) is 19.3. The number of benzene rings is 1. The van der Waals surface area contributed by atoms with Crippen molar-refractivity contribution in [2.75, 3.05) is 13.2 Å². The molecule has 0 fully saturated rings. The number of hydrogen-bond donors (Lipinski definition) is 0. The van der Waals surface area contributed by atoms with E-state index in [1.807, 2.05) is 0 Å². The summed E-state index contributed by atoms with van der Waals surface area (Å²) in [5.41, 5.74) is 3.71. The average Bonchev–Trinajstić information content (AvgIpc) is 2.97. The Morgan fingerprint density at radius 1 is 1.07 bits per heavy atom. The van der Waals surface area contributed by atoms with Gasteiger partial charge in [0.2, 0.25) is 0 Å². The fourth-order valence-corrected chi connectivity index (χ4v) is 5.03. The highest BCUT2D eigenvalue weighted by Crippen LogP contribution is 2.35. The molecule has 1 heterocycles. The van der Waals surface area contributed by atoms with E-state index in [1.165, 1.54) is 33.9 Å². The van der Waals surface area contributed by atoms with Gasteiger partial charge in [0.05, 0.1) is 18.1 Å². The van der Waals surface area contributed by atoms with Gasteiger partial charge in [0.1, 0.15) is 24.2 Å². The Bertz CT molecular complexity index is 835. The normalized spacial score (nSPS) is 14.3. The van der Waals surface area contributed by atoms with Gasteiger partial charge in [-0.2, -0.15) is 0 Å². The molecular weight excluding hydrogens is 380 g/mol. The first-order chi connectivity index (χ1) is 13.9. The summed E-state index contributed by atoms with van der Waals surface area (Å²) in [5, 5.41) is 1.18. The molecule has 0 bridgehead atoms. The Morgan fingerprint density at radius 2 is 1.83 bits per heavy atom. The summed E-state index contributed by atoms with van der Waals surface area (Å²) in [6.45, 7) is 12.4. The van der Waals surface area contributed by atoms with E-state index in [-0.39, 0.29) is 0 Å². The molecule has 0 N–H and O–H groups in total. The lowest BCUT2D eigenvalue weighted by molar-refractivity contribution is 0.0311. The Balaban J connectivity index is 1.66. The Hall–Kier alpha value is -1.72. The number of aryl methyl sites for hydroxylation is 3. The van der Waals surface area contributed by atoms with Crippen LogP contribution in [-0.2, 0) is 16.2 Å². The lowest BCUT2D eigenvalue weighted by atomic mass is 10.1. The van der Waals surface area contributed by atoms with Crippen molar-refractivity contribution in [3.63, 3.8) is 0 Å². The van der Waals surface area contributed by atoms with Crippen LogP contribution in [0.25, 0.3) is 0 Å². The highest BCUT2D eigenvalue weighted by molar-refractivity contribution is 7.99. The predicted molar refractivity (Wildman–Crippen MR) is 120 cm³/mol. The predicted octanol–water partition coefficient (Wildman–Crippen LogP) is 6.53. The van der Waals surface area contributed by atoms with Crippen LogP contribution in [0, 0.1) is 20.8 Å². The fraction of sp³-hybridized carbons (Fsp3) is 0.542. The smallest absolute Gasteiger partial charge is 0.125 e. The van der Waals surface area contributed by atoms with E-state index in [4.69, 9.17) is 14.5 Å². The molecular formula is C24H34N2O2S. The maximum Gasteiger partial charge on any atom is 0.125 e. The standard InChI is InChI=1S/C24H34N2O2S/c1-17(2)23-24(29-22-14-18(3)13-19(4)15-22)26(20(5)25-23)16-27-11-12-28-21-9-7-6-8-10-21/h9,13-15,17H,6-8,10-12,16H2,1-5H3. The second-order valence-corrected chi connectivity index (χ2v) is 9.22. The summed E-state index contributed by atoms with van der Waals surface area (Å²) in [6, 6.07) is 6.68. The quantitative estimate of drug-likeness (QED) is 0.437. The zero-order chi connectivity index (χ0) is 20.8. The van der Waals surface area contributed by atoms with Crippen LogP contribution in [0.1, 0.15) is 68.1 Å². The molecule has 0 amide bonds. The number of hydrogen-bond acceptors (Lipinski definition) is 4. The van der Waals surface area contributed by atoms with Gasteiger partial charge < -0.3 is 9.47 Å². The maximum atomic E-state index is 5.97. The van der Waals surface area contributed by atoms with E-state index in [2.05, 4.69) is 63.5 Å². The van der Waals surface area contributed by atoms with E-state index in [9.17, 15) is 0 Å². The van der Waals surface area contributed by atoms with Gasteiger partial charge in [-0.15, -0.1) is 0 Å². The number of aromatic nitrogens is 2. The van der Waals surface area contributed by atoms with Crippen LogP contribution in [0.3, 0.4) is 0 Å². The molecule has 29 heavy (non-hydrogen) atoms. The van der Waals surface area contributed by atoms with Gasteiger partial charge in [-0.1, -0.05) is 31.7 Å². The minimum Gasteiger partial charge on any atom is -0.496 e. The fourth-order valence-electron chi connectivity index (χ4n) is 3.63. The molecule has 0 unspecified atom stereocenters. The van der Waals surface area contributed by atoms with Crippen molar-refractivity contribution in [1.82, 2.24) is 9.55 Å². The molecule has 1 aliphatic carbocycles. The van der Waals surface area contributed by atoms with Crippen molar-refractivity contribution in [2.45, 2.75) is 82.9 Å². The maximum absolute atomic E-state index is 5.97. The second kappa shape index (κ2) is 10.4. The van der Waals surface area contributed by atoms with E-state index in [0.29, 0.717) is 25.9 Å². The van der Waals surface area contributed by atoms with Crippen molar-refractivity contribution >= 4 is 11.8 Å². The van der Waals surface area contributed by atoms with Crippen LogP contribution in [0.4, 0.5) is 0 Å². The van der Waals surface area contributed by atoms with E-state index < -0.39 is 0 Å². The number of ether oxygens (including phenoxy) is 2. The van der Waals surface area contributed by atoms with Crippen LogP contribution in [0.2, 0.25) is 0 Å².